The fraction of sp³-hybridized carbons (Fsp3) is 0.667. The van der Waals surface area contributed by atoms with Crippen molar-refractivity contribution in [3.8, 4) is 0 Å². The molecule has 3 heteroatoms. The van der Waals surface area contributed by atoms with Gasteiger partial charge in [-0.3, -0.25) is 0 Å². The van der Waals surface area contributed by atoms with Crippen LogP contribution < -0.4 is 5.32 Å². The van der Waals surface area contributed by atoms with Gasteiger partial charge in [-0.2, -0.15) is 0 Å². The summed E-state index contributed by atoms with van der Waals surface area (Å²) in [6.45, 7) is 6.24. The summed E-state index contributed by atoms with van der Waals surface area (Å²) in [6, 6.07) is 0. The molecular formula is C9H17N3. The number of nitrogens with zero attached hydrogens (tertiary/aromatic N) is 1. The van der Waals surface area contributed by atoms with E-state index in [1.54, 1.807) is 0 Å². The Bertz CT molecular complexity index is 217. The highest BCUT2D eigenvalue weighted by Crippen LogP contribution is 1.96. The first-order valence-electron chi connectivity index (χ1n) is 4.60. The summed E-state index contributed by atoms with van der Waals surface area (Å²) in [6.07, 6.45) is 4.06. The fourth-order valence-electron chi connectivity index (χ4n) is 1.08. The number of imidazole rings is 1. The van der Waals surface area contributed by atoms with E-state index in [0.29, 0.717) is 0 Å². The van der Waals surface area contributed by atoms with Crippen LogP contribution in [0.2, 0.25) is 0 Å². The summed E-state index contributed by atoms with van der Waals surface area (Å²) in [5.74, 6) is 1.07. The molecule has 0 saturated carbocycles. The molecule has 0 amide bonds. The first-order chi connectivity index (χ1) is 5.86. The quantitative estimate of drug-likeness (QED) is 0.652. The number of aryl methyl sites for hydroxylation is 1. The Labute approximate surface area is 73.6 Å². The van der Waals surface area contributed by atoms with Crippen molar-refractivity contribution in [3.05, 3.63) is 17.7 Å². The zero-order valence-corrected chi connectivity index (χ0v) is 7.85. The second kappa shape index (κ2) is 4.93. The third kappa shape index (κ3) is 2.66. The second-order valence-electron chi connectivity index (χ2n) is 2.89. The molecule has 1 aromatic rings. The molecule has 0 spiro atoms. The van der Waals surface area contributed by atoms with Gasteiger partial charge in [0.15, 0.2) is 0 Å². The molecular weight excluding hydrogens is 150 g/mol. The summed E-state index contributed by atoms with van der Waals surface area (Å²) in [7, 11) is 0. The molecule has 0 aliphatic carbocycles. The van der Waals surface area contributed by atoms with Gasteiger partial charge in [0, 0.05) is 24.9 Å². The predicted octanol–water partition coefficient (Wildman–Crippen LogP) is 1.47. The molecule has 3 nitrogen and oxygen atoms in total. The molecule has 0 aliphatic rings. The van der Waals surface area contributed by atoms with Gasteiger partial charge in [0.05, 0.1) is 0 Å². The van der Waals surface area contributed by atoms with Crippen molar-refractivity contribution in [1.82, 2.24) is 15.3 Å². The maximum absolute atomic E-state index is 4.22. The molecule has 1 rings (SSSR count). The first-order valence-corrected chi connectivity index (χ1v) is 4.60. The van der Waals surface area contributed by atoms with Crippen LogP contribution in [0, 0.1) is 0 Å². The minimum absolute atomic E-state index is 0.904. The largest absolute Gasteiger partial charge is 0.345 e. The van der Waals surface area contributed by atoms with Crippen LogP contribution in [0.5, 0.6) is 0 Å². The van der Waals surface area contributed by atoms with Crippen LogP contribution in [0.3, 0.4) is 0 Å². The number of hydrogen-bond acceptors (Lipinski definition) is 2. The number of hydrogen-bond donors (Lipinski definition) is 2. The Morgan fingerprint density at radius 3 is 2.92 bits per heavy atom. The van der Waals surface area contributed by atoms with E-state index in [1.807, 2.05) is 6.20 Å². The summed E-state index contributed by atoms with van der Waals surface area (Å²) in [5.41, 5.74) is 1.18. The van der Waals surface area contributed by atoms with E-state index in [4.69, 9.17) is 0 Å². The smallest absolute Gasteiger partial charge is 0.105 e. The maximum atomic E-state index is 4.22. The van der Waals surface area contributed by atoms with Crippen molar-refractivity contribution < 1.29 is 0 Å². The van der Waals surface area contributed by atoms with E-state index in [-0.39, 0.29) is 0 Å². The van der Waals surface area contributed by atoms with Crippen molar-refractivity contribution >= 4 is 0 Å². The Hall–Kier alpha value is -0.830. The zero-order chi connectivity index (χ0) is 8.81. The highest BCUT2D eigenvalue weighted by atomic mass is 15.0. The van der Waals surface area contributed by atoms with Crippen molar-refractivity contribution in [1.29, 1.82) is 0 Å². The average molecular weight is 167 g/mol. The number of aromatic amines is 1. The Morgan fingerprint density at radius 1 is 1.50 bits per heavy atom. The highest BCUT2D eigenvalue weighted by Gasteiger charge is 1.96. The molecule has 1 heterocycles. The van der Waals surface area contributed by atoms with E-state index in [1.165, 1.54) is 12.1 Å². The van der Waals surface area contributed by atoms with E-state index < -0.39 is 0 Å². The number of aromatic nitrogens is 2. The van der Waals surface area contributed by atoms with Crippen molar-refractivity contribution in [2.75, 3.05) is 6.54 Å². The highest BCUT2D eigenvalue weighted by molar-refractivity contribution is 5.00. The van der Waals surface area contributed by atoms with Crippen LogP contribution in [0.1, 0.15) is 31.8 Å². The van der Waals surface area contributed by atoms with Gasteiger partial charge in [-0.1, -0.05) is 13.8 Å². The van der Waals surface area contributed by atoms with Crippen molar-refractivity contribution in [2.24, 2.45) is 0 Å². The van der Waals surface area contributed by atoms with E-state index in [9.17, 15) is 0 Å². The van der Waals surface area contributed by atoms with Gasteiger partial charge in [0.2, 0.25) is 0 Å². The normalized spacial score (nSPS) is 10.5. The van der Waals surface area contributed by atoms with E-state index in [2.05, 4.69) is 29.1 Å². The third-order valence-electron chi connectivity index (χ3n) is 1.76. The van der Waals surface area contributed by atoms with Gasteiger partial charge in [0.25, 0.3) is 0 Å². The van der Waals surface area contributed by atoms with Crippen LogP contribution in [-0.4, -0.2) is 16.5 Å². The molecule has 1 aromatic heterocycles. The fourth-order valence-corrected chi connectivity index (χ4v) is 1.08. The molecule has 0 aliphatic heterocycles. The van der Waals surface area contributed by atoms with Gasteiger partial charge >= 0.3 is 0 Å². The van der Waals surface area contributed by atoms with Gasteiger partial charge in [-0.15, -0.1) is 0 Å². The number of rotatable bonds is 5. The number of H-pyrrole nitrogens is 1. The summed E-state index contributed by atoms with van der Waals surface area (Å²) in [5, 5.41) is 3.32. The second-order valence-corrected chi connectivity index (χ2v) is 2.89. The summed E-state index contributed by atoms with van der Waals surface area (Å²) < 4.78 is 0. The Balaban J connectivity index is 2.31. The standard InChI is InChI=1S/C9H17N3/c1-3-5-10-6-8-7-11-9(4-2)12-8/h7,10H,3-6H2,1-2H3,(H,11,12). The lowest BCUT2D eigenvalue weighted by molar-refractivity contribution is 0.665. The lowest BCUT2D eigenvalue weighted by atomic mass is 10.4. The molecule has 2 N–H and O–H groups in total. The first kappa shape index (κ1) is 9.26. The molecule has 0 radical (unpaired) electrons. The van der Waals surface area contributed by atoms with Crippen LogP contribution >= 0.6 is 0 Å². The molecule has 0 atom stereocenters. The Kier molecular flexibility index (Phi) is 3.80. The minimum atomic E-state index is 0.904. The van der Waals surface area contributed by atoms with Gasteiger partial charge in [-0.25, -0.2) is 4.98 Å². The monoisotopic (exact) mass is 167 g/mol. The van der Waals surface area contributed by atoms with Gasteiger partial charge in [-0.05, 0) is 13.0 Å². The van der Waals surface area contributed by atoms with Gasteiger partial charge < -0.3 is 10.3 Å². The molecule has 0 unspecified atom stereocenters. The summed E-state index contributed by atoms with van der Waals surface area (Å²) in [4.78, 5) is 7.47. The molecule has 0 aromatic carbocycles. The maximum Gasteiger partial charge on any atom is 0.105 e. The SMILES string of the molecule is CCCNCc1cnc(CC)[nH]1. The van der Waals surface area contributed by atoms with Crippen molar-refractivity contribution in [3.63, 3.8) is 0 Å². The zero-order valence-electron chi connectivity index (χ0n) is 7.85. The van der Waals surface area contributed by atoms with Crippen LogP contribution in [0.4, 0.5) is 0 Å². The predicted molar refractivity (Wildman–Crippen MR) is 50.0 cm³/mol. The van der Waals surface area contributed by atoms with E-state index in [0.717, 1.165) is 25.3 Å². The minimum Gasteiger partial charge on any atom is -0.345 e. The Morgan fingerprint density at radius 2 is 2.33 bits per heavy atom. The molecule has 0 fully saturated rings. The molecule has 68 valence electrons. The van der Waals surface area contributed by atoms with Crippen molar-refractivity contribution in [2.45, 2.75) is 33.2 Å². The van der Waals surface area contributed by atoms with E-state index >= 15 is 0 Å². The van der Waals surface area contributed by atoms with Crippen LogP contribution in [-0.2, 0) is 13.0 Å². The summed E-state index contributed by atoms with van der Waals surface area (Å²) >= 11 is 0. The van der Waals surface area contributed by atoms with Crippen LogP contribution in [0.25, 0.3) is 0 Å². The third-order valence-corrected chi connectivity index (χ3v) is 1.76. The van der Waals surface area contributed by atoms with Crippen LogP contribution in [0.15, 0.2) is 6.20 Å². The molecule has 12 heavy (non-hydrogen) atoms. The molecule has 0 bridgehead atoms. The van der Waals surface area contributed by atoms with Gasteiger partial charge in [0.1, 0.15) is 5.82 Å². The average Bonchev–Trinajstić information content (AvgIpc) is 2.53. The lowest BCUT2D eigenvalue weighted by Crippen LogP contribution is -2.13. The lowest BCUT2D eigenvalue weighted by Gasteiger charge is -1.98. The number of nitrogens with one attached hydrogen (secondary N) is 2. The topological polar surface area (TPSA) is 40.7 Å². The molecule has 0 saturated heterocycles.